The Morgan fingerprint density at radius 2 is 1.80 bits per heavy atom. The van der Waals surface area contributed by atoms with Gasteiger partial charge < -0.3 is 24.6 Å². The highest BCUT2D eigenvalue weighted by atomic mass is 16.6. The molecule has 0 spiro atoms. The van der Waals surface area contributed by atoms with E-state index in [2.05, 4.69) is 17.4 Å². The molecule has 0 bridgehead atoms. The van der Waals surface area contributed by atoms with E-state index < -0.39 is 17.5 Å². The summed E-state index contributed by atoms with van der Waals surface area (Å²) in [6, 6.07) is 15.5. The molecule has 2 heterocycles. The van der Waals surface area contributed by atoms with E-state index in [9.17, 15) is 19.2 Å². The first-order chi connectivity index (χ1) is 19.5. The van der Waals surface area contributed by atoms with Crippen LogP contribution in [0.3, 0.4) is 0 Å². The van der Waals surface area contributed by atoms with Crippen molar-refractivity contribution < 1.29 is 28.7 Å². The molecule has 2 aliphatic rings. The van der Waals surface area contributed by atoms with Gasteiger partial charge in [-0.1, -0.05) is 36.4 Å². The van der Waals surface area contributed by atoms with E-state index in [4.69, 9.17) is 9.47 Å². The van der Waals surface area contributed by atoms with Crippen LogP contribution in [-0.2, 0) is 38.4 Å². The smallest absolute Gasteiger partial charge is 0.410 e. The average molecular weight is 564 g/mol. The van der Waals surface area contributed by atoms with Crippen molar-refractivity contribution in [1.29, 1.82) is 0 Å². The van der Waals surface area contributed by atoms with Gasteiger partial charge in [0, 0.05) is 37.8 Å². The number of hydrogen-bond donors (Lipinski definition) is 1. The van der Waals surface area contributed by atoms with Crippen LogP contribution in [0.4, 0.5) is 4.79 Å². The zero-order valence-electron chi connectivity index (χ0n) is 24.5. The Bertz CT molecular complexity index is 1260. The van der Waals surface area contributed by atoms with E-state index in [1.807, 2.05) is 56.0 Å². The Morgan fingerprint density at radius 1 is 1.05 bits per heavy atom. The van der Waals surface area contributed by atoms with Crippen LogP contribution in [0.5, 0.6) is 0 Å². The number of rotatable bonds is 9. The largest absolute Gasteiger partial charge is 0.469 e. The number of aryl methyl sites for hydroxylation is 1. The number of nitrogens with zero attached hydrogens (tertiary/aromatic N) is 2. The molecule has 9 heteroatoms. The number of amides is 3. The topological polar surface area (TPSA) is 105 Å². The lowest BCUT2D eigenvalue weighted by Crippen LogP contribution is -2.42. The molecule has 0 saturated carbocycles. The lowest BCUT2D eigenvalue weighted by atomic mass is 9.97. The summed E-state index contributed by atoms with van der Waals surface area (Å²) in [6.45, 7) is 7.30. The molecule has 1 N–H and O–H groups in total. The summed E-state index contributed by atoms with van der Waals surface area (Å²) in [5.41, 5.74) is 3.16. The number of carbonyl (C=O) groups excluding carboxylic acids is 4. The molecule has 2 aromatic rings. The summed E-state index contributed by atoms with van der Waals surface area (Å²) in [7, 11) is 1.32. The van der Waals surface area contributed by atoms with Gasteiger partial charge in [-0.15, -0.1) is 0 Å². The number of hydrogen-bond acceptors (Lipinski definition) is 6. The number of ether oxygens (including phenoxy) is 2. The molecule has 0 unspecified atom stereocenters. The highest BCUT2D eigenvalue weighted by molar-refractivity contribution is 5.94. The number of nitrogens with one attached hydrogen (secondary N) is 1. The SMILES string of the molecule is COC(=O)C[C@@H]1C[C@@H](CNC(=O)c2ccc3c(c2)CN(C(=O)OC(C)(C)C)CC3)N(CCCc2ccccc2)C1=O. The predicted octanol–water partition coefficient (Wildman–Crippen LogP) is 4.12. The Hall–Kier alpha value is -3.88. The van der Waals surface area contributed by atoms with E-state index >= 15 is 0 Å². The Balaban J connectivity index is 1.38. The molecular formula is C32H41N3O6. The summed E-state index contributed by atoms with van der Waals surface area (Å²) in [5.74, 6) is -1.18. The third-order valence-corrected chi connectivity index (χ3v) is 7.61. The van der Waals surface area contributed by atoms with Crippen molar-refractivity contribution in [2.24, 2.45) is 5.92 Å². The Kier molecular flexibility index (Phi) is 9.68. The molecule has 0 aliphatic carbocycles. The summed E-state index contributed by atoms with van der Waals surface area (Å²) in [5, 5.41) is 3.01. The lowest BCUT2D eigenvalue weighted by molar-refractivity contribution is -0.144. The van der Waals surface area contributed by atoms with Crippen molar-refractivity contribution in [3.63, 3.8) is 0 Å². The fourth-order valence-corrected chi connectivity index (χ4v) is 5.50. The van der Waals surface area contributed by atoms with Gasteiger partial charge in [-0.05, 0) is 75.3 Å². The first kappa shape index (κ1) is 30.1. The second kappa shape index (κ2) is 13.2. The van der Waals surface area contributed by atoms with E-state index in [1.54, 1.807) is 11.0 Å². The van der Waals surface area contributed by atoms with Crippen LogP contribution in [0.1, 0.15) is 67.1 Å². The number of esters is 1. The zero-order chi connectivity index (χ0) is 29.6. The molecule has 1 fully saturated rings. The minimum atomic E-state index is -0.577. The third kappa shape index (κ3) is 8.08. The minimum absolute atomic E-state index is 0.0357. The van der Waals surface area contributed by atoms with Gasteiger partial charge in [0.25, 0.3) is 5.91 Å². The first-order valence-electron chi connectivity index (χ1n) is 14.3. The van der Waals surface area contributed by atoms with Gasteiger partial charge in [-0.3, -0.25) is 14.4 Å². The van der Waals surface area contributed by atoms with Crippen molar-refractivity contribution in [1.82, 2.24) is 15.1 Å². The predicted molar refractivity (Wildman–Crippen MR) is 154 cm³/mol. The van der Waals surface area contributed by atoms with Gasteiger partial charge in [0.05, 0.1) is 19.4 Å². The van der Waals surface area contributed by atoms with Crippen molar-refractivity contribution >= 4 is 23.9 Å². The molecule has 41 heavy (non-hydrogen) atoms. The fourth-order valence-electron chi connectivity index (χ4n) is 5.50. The fraction of sp³-hybridized carbons (Fsp3) is 0.500. The highest BCUT2D eigenvalue weighted by Crippen LogP contribution is 2.28. The van der Waals surface area contributed by atoms with Gasteiger partial charge in [-0.25, -0.2) is 4.79 Å². The third-order valence-electron chi connectivity index (χ3n) is 7.61. The van der Waals surface area contributed by atoms with Gasteiger partial charge in [-0.2, -0.15) is 0 Å². The van der Waals surface area contributed by atoms with Crippen molar-refractivity contribution in [2.45, 2.75) is 71.1 Å². The lowest BCUT2D eigenvalue weighted by Gasteiger charge is -2.31. The quantitative estimate of drug-likeness (QED) is 0.460. The van der Waals surface area contributed by atoms with Crippen molar-refractivity contribution in [3.05, 3.63) is 70.8 Å². The maximum Gasteiger partial charge on any atom is 0.410 e. The van der Waals surface area contributed by atoms with Crippen molar-refractivity contribution in [3.8, 4) is 0 Å². The molecule has 1 saturated heterocycles. The molecule has 4 rings (SSSR count). The standard InChI is InChI=1S/C32H41N3O6/c1-32(2,3)41-31(39)34-16-14-23-12-13-24(17-26(23)21-34)29(37)33-20-27-18-25(19-28(36)40-4)30(38)35(27)15-8-11-22-9-6-5-7-10-22/h5-7,9-10,12-13,17,25,27H,8,11,14-16,18-21H2,1-4H3,(H,33,37)/t25-,27-/m0/s1. The molecule has 9 nitrogen and oxygen atoms in total. The van der Waals surface area contributed by atoms with Crippen LogP contribution < -0.4 is 5.32 Å². The molecule has 2 aromatic carbocycles. The number of likely N-dealkylation sites (tertiary alicyclic amines) is 1. The minimum Gasteiger partial charge on any atom is -0.469 e. The van der Waals surface area contributed by atoms with Crippen LogP contribution in [0.15, 0.2) is 48.5 Å². The molecule has 3 amide bonds. The summed E-state index contributed by atoms with van der Waals surface area (Å²) in [6.07, 6.45) is 2.46. The molecule has 220 valence electrons. The van der Waals surface area contributed by atoms with Crippen molar-refractivity contribution in [2.75, 3.05) is 26.7 Å². The summed E-state index contributed by atoms with van der Waals surface area (Å²) >= 11 is 0. The number of methoxy groups -OCH3 is 1. The highest BCUT2D eigenvalue weighted by Gasteiger charge is 2.40. The second-order valence-corrected chi connectivity index (χ2v) is 11.8. The molecule has 2 atom stereocenters. The van der Waals surface area contributed by atoms with Gasteiger partial charge in [0.15, 0.2) is 0 Å². The first-order valence-corrected chi connectivity index (χ1v) is 14.3. The second-order valence-electron chi connectivity index (χ2n) is 11.8. The monoisotopic (exact) mass is 563 g/mol. The van der Waals surface area contributed by atoms with Crippen LogP contribution in [0.2, 0.25) is 0 Å². The zero-order valence-corrected chi connectivity index (χ0v) is 24.5. The number of benzene rings is 2. The van der Waals surface area contributed by atoms with Gasteiger partial charge in [0.2, 0.25) is 5.91 Å². The molecule has 0 radical (unpaired) electrons. The van der Waals surface area contributed by atoms with Crippen LogP contribution in [0, 0.1) is 5.92 Å². The summed E-state index contributed by atoms with van der Waals surface area (Å²) in [4.78, 5) is 54.4. The normalized spacial score (nSPS) is 18.6. The van der Waals surface area contributed by atoms with E-state index in [0.717, 1.165) is 24.0 Å². The van der Waals surface area contributed by atoms with E-state index in [-0.39, 0.29) is 36.9 Å². The van der Waals surface area contributed by atoms with Gasteiger partial charge >= 0.3 is 12.1 Å². The van der Waals surface area contributed by atoms with Gasteiger partial charge in [0.1, 0.15) is 5.60 Å². The van der Waals surface area contributed by atoms with E-state index in [0.29, 0.717) is 38.0 Å². The molecule has 2 aliphatic heterocycles. The summed E-state index contributed by atoms with van der Waals surface area (Å²) < 4.78 is 10.3. The van der Waals surface area contributed by atoms with Crippen LogP contribution in [0.25, 0.3) is 0 Å². The molecular weight excluding hydrogens is 522 g/mol. The van der Waals surface area contributed by atoms with E-state index in [1.165, 1.54) is 12.7 Å². The average Bonchev–Trinajstić information content (AvgIpc) is 3.24. The Morgan fingerprint density at radius 3 is 2.51 bits per heavy atom. The number of carbonyl (C=O) groups is 4. The van der Waals surface area contributed by atoms with Crippen LogP contribution >= 0.6 is 0 Å². The van der Waals surface area contributed by atoms with Crippen LogP contribution in [-0.4, -0.2) is 72.1 Å². The number of fused-ring (bicyclic) bond motifs is 1. The maximum atomic E-state index is 13.2. The maximum absolute atomic E-state index is 13.2. The Labute approximate surface area is 242 Å². The molecule has 0 aromatic heterocycles.